The van der Waals surface area contributed by atoms with Gasteiger partial charge in [0.2, 0.25) is 0 Å². The molecule has 6 nitrogen and oxygen atoms in total. The van der Waals surface area contributed by atoms with Crippen LogP contribution >= 0.6 is 0 Å². The number of nitrogens with zero attached hydrogens (tertiary/aromatic N) is 1. The van der Waals surface area contributed by atoms with E-state index >= 15 is 0 Å². The Kier molecular flexibility index (Phi) is 6.21. The first-order chi connectivity index (χ1) is 5.66. The number of amides is 1. The summed E-state index contributed by atoms with van der Waals surface area (Å²) in [6.07, 6.45) is 0.641. The number of carbonyl (C=O) groups is 1. The molecule has 0 atom stereocenters. The summed E-state index contributed by atoms with van der Waals surface area (Å²) in [6.45, 7) is 2.46. The van der Waals surface area contributed by atoms with Gasteiger partial charge in [-0.15, -0.1) is 0 Å². The van der Waals surface area contributed by atoms with Crippen LogP contribution in [-0.4, -0.2) is 21.1 Å². The molecule has 0 aromatic heterocycles. The van der Waals surface area contributed by atoms with Gasteiger partial charge >= 0.3 is 16.6 Å². The van der Waals surface area contributed by atoms with Crippen LogP contribution in [-0.2, 0) is 15.3 Å². The van der Waals surface area contributed by atoms with Crippen LogP contribution in [0.5, 0.6) is 0 Å². The van der Waals surface area contributed by atoms with Crippen LogP contribution in [0.3, 0.4) is 0 Å². The van der Waals surface area contributed by atoms with Crippen LogP contribution in [0.4, 0.5) is 4.79 Å². The molecule has 0 heterocycles. The lowest BCUT2D eigenvalue weighted by Crippen LogP contribution is -2.18. The molecule has 7 heteroatoms. The molecule has 0 spiro atoms. The van der Waals surface area contributed by atoms with Crippen molar-refractivity contribution in [3.63, 3.8) is 0 Å². The average Bonchev–Trinajstić information content (AvgIpc) is 1.97. The van der Waals surface area contributed by atoms with E-state index in [0.29, 0.717) is 6.54 Å². The Labute approximate surface area is 71.6 Å². The Hall–Kier alpha value is -0.950. The molecule has 0 radical (unpaired) electrons. The highest BCUT2D eigenvalue weighted by Crippen LogP contribution is 1.84. The second-order valence-electron chi connectivity index (χ2n) is 1.92. The molecular formula is C5H10N2O4S. The van der Waals surface area contributed by atoms with E-state index in [4.69, 9.17) is 0 Å². The Morgan fingerprint density at radius 3 is 2.75 bits per heavy atom. The van der Waals surface area contributed by atoms with Gasteiger partial charge in [0.25, 0.3) is 0 Å². The molecule has 1 amide bonds. The van der Waals surface area contributed by atoms with Crippen molar-refractivity contribution in [2.75, 3.05) is 6.54 Å². The highest BCUT2D eigenvalue weighted by atomic mass is 32.2. The lowest BCUT2D eigenvalue weighted by molar-refractivity contribution is 0.0989. The summed E-state index contributed by atoms with van der Waals surface area (Å²) in [5, 5.41) is 0. The normalized spacial score (nSPS) is 9.08. The van der Waals surface area contributed by atoms with Crippen molar-refractivity contribution in [2.45, 2.75) is 19.8 Å². The van der Waals surface area contributed by atoms with Gasteiger partial charge < -0.3 is 4.84 Å². The maximum Gasteiger partial charge on any atom is 0.467 e. The molecule has 0 rings (SSSR count). The molecule has 0 aliphatic carbocycles. The molecule has 0 bridgehead atoms. The molecule has 1 N–H and O–H groups in total. The van der Waals surface area contributed by atoms with Gasteiger partial charge in [0.15, 0.2) is 0 Å². The fraction of sp³-hybridized carbons (Fsp3) is 0.800. The molecule has 0 aliphatic rings. The van der Waals surface area contributed by atoms with E-state index in [-0.39, 0.29) is 0 Å². The quantitative estimate of drug-likeness (QED) is 0.520. The molecule has 0 saturated carbocycles. The van der Waals surface area contributed by atoms with Gasteiger partial charge in [-0.3, -0.25) is 0 Å². The summed E-state index contributed by atoms with van der Waals surface area (Å²) >= 11 is 0. The molecule has 0 aromatic rings. The Morgan fingerprint density at radius 1 is 1.58 bits per heavy atom. The van der Waals surface area contributed by atoms with Crippen molar-refractivity contribution in [1.29, 1.82) is 0 Å². The monoisotopic (exact) mass is 194 g/mol. The zero-order chi connectivity index (χ0) is 9.40. The number of carbonyl (C=O) groups excluding carboxylic acids is 1. The van der Waals surface area contributed by atoms with Crippen molar-refractivity contribution < 1.29 is 18.0 Å². The SMILES string of the molecule is CCCCNOC(=O)N=S(=O)=O. The molecule has 70 valence electrons. The number of unbranched alkanes of at least 4 members (excludes halogenated alkanes) is 1. The van der Waals surface area contributed by atoms with Crippen LogP contribution in [0.1, 0.15) is 19.8 Å². The third kappa shape index (κ3) is 7.16. The largest absolute Gasteiger partial charge is 0.467 e. The van der Waals surface area contributed by atoms with Crippen molar-refractivity contribution >= 4 is 16.6 Å². The first kappa shape index (κ1) is 11.1. The molecule has 0 saturated heterocycles. The van der Waals surface area contributed by atoms with Crippen molar-refractivity contribution in [3.8, 4) is 0 Å². The third-order valence-electron chi connectivity index (χ3n) is 0.941. The van der Waals surface area contributed by atoms with Crippen LogP contribution in [0, 0.1) is 0 Å². The maximum atomic E-state index is 10.4. The number of hydrogen-bond acceptors (Lipinski definition) is 5. The van der Waals surface area contributed by atoms with Crippen LogP contribution in [0.15, 0.2) is 4.36 Å². The van der Waals surface area contributed by atoms with Crippen molar-refractivity contribution in [3.05, 3.63) is 0 Å². The van der Waals surface area contributed by atoms with E-state index in [1.54, 1.807) is 0 Å². The first-order valence-electron chi connectivity index (χ1n) is 3.41. The second kappa shape index (κ2) is 6.74. The van der Waals surface area contributed by atoms with Gasteiger partial charge in [-0.2, -0.15) is 13.9 Å². The van der Waals surface area contributed by atoms with Crippen LogP contribution in [0.25, 0.3) is 0 Å². The van der Waals surface area contributed by atoms with Crippen molar-refractivity contribution in [2.24, 2.45) is 4.36 Å². The molecule has 0 fully saturated rings. The smallest absolute Gasteiger partial charge is 0.352 e. The zero-order valence-electron chi connectivity index (χ0n) is 6.61. The Bertz CT molecular complexity index is 251. The van der Waals surface area contributed by atoms with Crippen molar-refractivity contribution in [1.82, 2.24) is 5.48 Å². The van der Waals surface area contributed by atoms with Gasteiger partial charge in [-0.1, -0.05) is 17.7 Å². The predicted molar refractivity (Wildman–Crippen MR) is 40.7 cm³/mol. The van der Waals surface area contributed by atoms with E-state index in [9.17, 15) is 13.2 Å². The summed E-state index contributed by atoms with van der Waals surface area (Å²) in [4.78, 5) is 14.6. The standard InChI is InChI=1S/C5H10N2O4S/c1-2-3-4-6-11-5(8)7-12(9)10/h6H,2-4H2,1H3. The predicted octanol–water partition coefficient (Wildman–Crippen LogP) is 0.490. The number of hydrogen-bond donors (Lipinski definition) is 1. The summed E-state index contributed by atoms with van der Waals surface area (Å²) < 4.78 is 22.2. The summed E-state index contributed by atoms with van der Waals surface area (Å²) in [7, 11) is -2.74. The van der Waals surface area contributed by atoms with E-state index in [1.165, 1.54) is 0 Å². The highest BCUT2D eigenvalue weighted by Gasteiger charge is 1.97. The Morgan fingerprint density at radius 2 is 2.25 bits per heavy atom. The average molecular weight is 194 g/mol. The topological polar surface area (TPSA) is 84.8 Å². The lowest BCUT2D eigenvalue weighted by Gasteiger charge is -1.98. The number of nitrogens with one attached hydrogen (secondary N) is 1. The molecule has 0 aromatic carbocycles. The van der Waals surface area contributed by atoms with E-state index in [2.05, 4.69) is 14.7 Å². The van der Waals surface area contributed by atoms with E-state index < -0.39 is 16.6 Å². The van der Waals surface area contributed by atoms with E-state index in [0.717, 1.165) is 12.8 Å². The maximum absolute atomic E-state index is 10.4. The fourth-order valence-electron chi connectivity index (χ4n) is 0.441. The molecule has 12 heavy (non-hydrogen) atoms. The van der Waals surface area contributed by atoms with Gasteiger partial charge in [0.05, 0.1) is 0 Å². The van der Waals surface area contributed by atoms with Crippen LogP contribution < -0.4 is 5.48 Å². The van der Waals surface area contributed by atoms with Gasteiger partial charge in [0, 0.05) is 6.54 Å². The Balaban J connectivity index is 3.52. The first-order valence-corrected chi connectivity index (χ1v) is 4.44. The van der Waals surface area contributed by atoms with Crippen LogP contribution in [0.2, 0.25) is 0 Å². The number of hydroxylamine groups is 1. The van der Waals surface area contributed by atoms with E-state index in [1.807, 2.05) is 6.92 Å². The molecule has 0 aliphatic heterocycles. The minimum atomic E-state index is -2.74. The molecular weight excluding hydrogens is 184 g/mol. The minimum absolute atomic E-state index is 0.489. The summed E-state index contributed by atoms with van der Waals surface area (Å²) in [5.41, 5.74) is 2.27. The fourth-order valence-corrected chi connectivity index (χ4v) is 0.600. The van der Waals surface area contributed by atoms with Gasteiger partial charge in [-0.25, -0.2) is 4.79 Å². The van der Waals surface area contributed by atoms with Gasteiger partial charge in [-0.05, 0) is 6.42 Å². The summed E-state index contributed by atoms with van der Waals surface area (Å²) in [5.74, 6) is 0. The second-order valence-corrected chi connectivity index (χ2v) is 2.54. The third-order valence-corrected chi connectivity index (χ3v) is 1.24. The number of rotatable bonds is 4. The zero-order valence-corrected chi connectivity index (χ0v) is 7.43. The summed E-state index contributed by atoms with van der Waals surface area (Å²) in [6, 6.07) is 0. The molecule has 0 unspecified atom stereocenters. The van der Waals surface area contributed by atoms with Gasteiger partial charge in [0.1, 0.15) is 0 Å². The minimum Gasteiger partial charge on any atom is -0.352 e. The highest BCUT2D eigenvalue weighted by molar-refractivity contribution is 7.62. The lowest BCUT2D eigenvalue weighted by atomic mass is 10.3.